The van der Waals surface area contributed by atoms with E-state index in [0.29, 0.717) is 13.1 Å². The molecular formula is C16H20N2O4S. The van der Waals surface area contributed by atoms with Crippen molar-refractivity contribution in [3.8, 4) is 0 Å². The molecule has 6 nitrogen and oxygen atoms in total. The number of sulfone groups is 1. The second-order valence-electron chi connectivity index (χ2n) is 6.36. The van der Waals surface area contributed by atoms with E-state index in [1.807, 2.05) is 19.1 Å². The summed E-state index contributed by atoms with van der Waals surface area (Å²) < 4.78 is 23.4. The first-order chi connectivity index (χ1) is 10.8. The lowest BCUT2D eigenvalue weighted by Crippen LogP contribution is -2.56. The maximum absolute atomic E-state index is 12.5. The van der Waals surface area contributed by atoms with Gasteiger partial charge in [-0.05, 0) is 18.9 Å². The van der Waals surface area contributed by atoms with Gasteiger partial charge >= 0.3 is 0 Å². The van der Waals surface area contributed by atoms with Crippen LogP contribution in [0.4, 0.5) is 0 Å². The van der Waals surface area contributed by atoms with Crippen molar-refractivity contribution in [2.45, 2.75) is 25.3 Å². The van der Waals surface area contributed by atoms with Crippen molar-refractivity contribution in [1.82, 2.24) is 10.2 Å². The van der Waals surface area contributed by atoms with Crippen LogP contribution in [0.3, 0.4) is 0 Å². The number of hydrogen-bond acceptors (Lipinski definition) is 4. The summed E-state index contributed by atoms with van der Waals surface area (Å²) in [7, 11) is -3.49. The van der Waals surface area contributed by atoms with Gasteiger partial charge < -0.3 is 10.2 Å². The zero-order valence-corrected chi connectivity index (χ0v) is 13.8. The molecule has 2 heterocycles. The fourth-order valence-electron chi connectivity index (χ4n) is 3.21. The number of aryl methyl sites for hydroxylation is 1. The van der Waals surface area contributed by atoms with Crippen LogP contribution in [0.5, 0.6) is 0 Å². The number of hydrogen-bond donors (Lipinski definition) is 1. The Hall–Kier alpha value is -1.89. The minimum Gasteiger partial charge on any atom is -0.342 e. The third kappa shape index (κ3) is 3.55. The number of nitrogens with zero attached hydrogens (tertiary/aromatic N) is 1. The lowest BCUT2D eigenvalue weighted by Gasteiger charge is -2.27. The molecular weight excluding hydrogens is 316 g/mol. The molecule has 1 unspecified atom stereocenters. The number of carbonyl (C=O) groups is 2. The Morgan fingerprint density at radius 3 is 2.61 bits per heavy atom. The van der Waals surface area contributed by atoms with E-state index in [-0.39, 0.29) is 17.6 Å². The molecule has 0 radical (unpaired) electrons. The zero-order valence-electron chi connectivity index (χ0n) is 13.0. The Bertz CT molecular complexity index is 727. The Morgan fingerprint density at radius 1 is 1.26 bits per heavy atom. The van der Waals surface area contributed by atoms with Crippen molar-refractivity contribution in [3.05, 3.63) is 35.4 Å². The first-order valence-electron chi connectivity index (χ1n) is 7.69. The molecule has 2 aliphatic rings. The molecule has 2 amide bonds. The molecule has 2 atom stereocenters. The molecule has 124 valence electrons. The van der Waals surface area contributed by atoms with Crippen LogP contribution in [0.15, 0.2) is 24.3 Å². The summed E-state index contributed by atoms with van der Waals surface area (Å²) in [6.07, 6.45) is 0.849. The summed E-state index contributed by atoms with van der Waals surface area (Å²) in [5.74, 6) is -1.46. The van der Waals surface area contributed by atoms with Crippen LogP contribution in [0.2, 0.25) is 0 Å². The Balaban J connectivity index is 1.67. The van der Waals surface area contributed by atoms with Gasteiger partial charge in [0.15, 0.2) is 9.84 Å². The fraction of sp³-hybridized carbons (Fsp3) is 0.500. The Morgan fingerprint density at radius 2 is 1.96 bits per heavy atom. The molecule has 0 aromatic heterocycles. The van der Waals surface area contributed by atoms with Gasteiger partial charge in [-0.15, -0.1) is 0 Å². The first kappa shape index (κ1) is 16.0. The van der Waals surface area contributed by atoms with Gasteiger partial charge in [0.1, 0.15) is 11.8 Å². The molecule has 0 aliphatic carbocycles. The average Bonchev–Trinajstić information content (AvgIpc) is 2.95. The maximum Gasteiger partial charge on any atom is 0.246 e. The van der Waals surface area contributed by atoms with Crippen LogP contribution >= 0.6 is 0 Å². The lowest BCUT2D eigenvalue weighted by molar-refractivity contribution is -0.134. The third-order valence-electron chi connectivity index (χ3n) is 4.45. The summed E-state index contributed by atoms with van der Waals surface area (Å²) in [4.78, 5) is 25.6. The van der Waals surface area contributed by atoms with Gasteiger partial charge in [-0.25, -0.2) is 8.42 Å². The Kier molecular flexibility index (Phi) is 4.14. The van der Waals surface area contributed by atoms with Crippen LogP contribution in [-0.2, 0) is 19.4 Å². The van der Waals surface area contributed by atoms with Gasteiger partial charge in [-0.2, -0.15) is 0 Å². The smallest absolute Gasteiger partial charge is 0.246 e. The first-order valence-corrected chi connectivity index (χ1v) is 9.51. The van der Waals surface area contributed by atoms with E-state index in [2.05, 4.69) is 17.4 Å². The molecule has 0 spiro atoms. The minimum atomic E-state index is -3.49. The monoisotopic (exact) mass is 336 g/mol. The summed E-state index contributed by atoms with van der Waals surface area (Å²) in [5, 5.41) is 2.50. The van der Waals surface area contributed by atoms with Crippen molar-refractivity contribution >= 4 is 21.7 Å². The maximum atomic E-state index is 12.5. The van der Waals surface area contributed by atoms with E-state index < -0.39 is 27.5 Å². The molecule has 2 saturated heterocycles. The molecule has 0 bridgehead atoms. The van der Waals surface area contributed by atoms with E-state index in [0.717, 1.165) is 6.42 Å². The SMILES string of the molecule is Cc1ccc(C2CCN(C(=O)[C@@H]3CS(=O)(=O)CC(=O)N3)C2)cc1. The van der Waals surface area contributed by atoms with Gasteiger partial charge in [0.2, 0.25) is 11.8 Å². The van der Waals surface area contributed by atoms with Crippen LogP contribution in [-0.4, -0.2) is 55.8 Å². The molecule has 3 rings (SSSR count). The predicted molar refractivity (Wildman–Crippen MR) is 85.7 cm³/mol. The quantitative estimate of drug-likeness (QED) is 0.838. The van der Waals surface area contributed by atoms with E-state index in [1.165, 1.54) is 11.1 Å². The van der Waals surface area contributed by atoms with Gasteiger partial charge in [-0.1, -0.05) is 29.8 Å². The van der Waals surface area contributed by atoms with E-state index in [4.69, 9.17) is 0 Å². The molecule has 1 aromatic rings. The average molecular weight is 336 g/mol. The van der Waals surface area contributed by atoms with Gasteiger partial charge in [-0.3, -0.25) is 9.59 Å². The molecule has 0 saturated carbocycles. The van der Waals surface area contributed by atoms with Gasteiger partial charge in [0.05, 0.1) is 5.75 Å². The third-order valence-corrected chi connectivity index (χ3v) is 6.00. The number of nitrogens with one attached hydrogen (secondary N) is 1. The number of amides is 2. The highest BCUT2D eigenvalue weighted by Crippen LogP contribution is 2.28. The normalized spacial score (nSPS) is 26.8. The van der Waals surface area contributed by atoms with Gasteiger partial charge in [0, 0.05) is 19.0 Å². The molecule has 1 aromatic carbocycles. The largest absolute Gasteiger partial charge is 0.342 e. The molecule has 2 fully saturated rings. The molecule has 23 heavy (non-hydrogen) atoms. The number of benzene rings is 1. The predicted octanol–water partition coefficient (Wildman–Crippen LogP) is 0.224. The van der Waals surface area contributed by atoms with Crippen LogP contribution < -0.4 is 5.32 Å². The van der Waals surface area contributed by atoms with Crippen molar-refractivity contribution in [1.29, 1.82) is 0 Å². The second-order valence-corrected chi connectivity index (χ2v) is 8.46. The minimum absolute atomic E-state index is 0.260. The standard InChI is InChI=1S/C16H20N2O4S/c1-11-2-4-12(5-3-11)13-6-7-18(8-13)16(20)14-9-23(21,22)10-15(19)17-14/h2-5,13-14H,6-10H2,1H3,(H,17,19)/t13?,14-/m0/s1. The van der Waals surface area contributed by atoms with E-state index in [9.17, 15) is 18.0 Å². The van der Waals surface area contributed by atoms with E-state index >= 15 is 0 Å². The van der Waals surface area contributed by atoms with Crippen molar-refractivity contribution in [2.75, 3.05) is 24.6 Å². The number of rotatable bonds is 2. The van der Waals surface area contributed by atoms with Crippen LogP contribution in [0.25, 0.3) is 0 Å². The second kappa shape index (κ2) is 5.96. The summed E-state index contributed by atoms with van der Waals surface area (Å²) >= 11 is 0. The topological polar surface area (TPSA) is 83.6 Å². The van der Waals surface area contributed by atoms with Crippen LogP contribution in [0.1, 0.15) is 23.5 Å². The van der Waals surface area contributed by atoms with E-state index in [1.54, 1.807) is 4.90 Å². The molecule has 2 aliphatic heterocycles. The highest BCUT2D eigenvalue weighted by molar-refractivity contribution is 7.92. The fourth-order valence-corrected chi connectivity index (χ4v) is 4.55. The highest BCUT2D eigenvalue weighted by atomic mass is 32.2. The van der Waals surface area contributed by atoms with Crippen LogP contribution in [0, 0.1) is 6.92 Å². The molecule has 7 heteroatoms. The lowest BCUT2D eigenvalue weighted by atomic mass is 9.97. The summed E-state index contributed by atoms with van der Waals surface area (Å²) in [5.41, 5.74) is 2.38. The molecule has 1 N–H and O–H groups in total. The zero-order chi connectivity index (χ0) is 16.6. The summed E-state index contributed by atoms with van der Waals surface area (Å²) in [6.45, 7) is 3.18. The Labute approximate surface area is 135 Å². The van der Waals surface area contributed by atoms with Crippen molar-refractivity contribution < 1.29 is 18.0 Å². The summed E-state index contributed by atoms with van der Waals surface area (Å²) in [6, 6.07) is 7.29. The number of carbonyl (C=O) groups excluding carboxylic acids is 2. The van der Waals surface area contributed by atoms with Crippen molar-refractivity contribution in [2.24, 2.45) is 0 Å². The van der Waals surface area contributed by atoms with Gasteiger partial charge in [0.25, 0.3) is 0 Å². The van der Waals surface area contributed by atoms with Crippen molar-refractivity contribution in [3.63, 3.8) is 0 Å². The number of likely N-dealkylation sites (tertiary alicyclic amines) is 1. The highest BCUT2D eigenvalue weighted by Gasteiger charge is 2.38.